The Morgan fingerprint density at radius 2 is 1.63 bits per heavy atom. The van der Waals surface area contributed by atoms with Gasteiger partial charge >= 0.3 is 6.61 Å². The van der Waals surface area contributed by atoms with Crippen LogP contribution in [-0.2, 0) is 0 Å². The van der Waals surface area contributed by atoms with E-state index in [4.69, 9.17) is 4.42 Å². The molecule has 0 aliphatic heterocycles. The normalized spacial score (nSPS) is 10.7. The molecule has 1 N–H and O–H groups in total. The first kappa shape index (κ1) is 18.3. The third-order valence-electron chi connectivity index (χ3n) is 3.74. The Balaban J connectivity index is 1.68. The highest BCUT2D eigenvalue weighted by atomic mass is 19.3. The van der Waals surface area contributed by atoms with Gasteiger partial charge in [-0.3, -0.25) is 9.59 Å². The molecular weight excluding hydrogens is 356 g/mol. The molecule has 7 heteroatoms. The summed E-state index contributed by atoms with van der Waals surface area (Å²) in [7, 11) is 0. The van der Waals surface area contributed by atoms with Gasteiger partial charge in [0.2, 0.25) is 0 Å². The van der Waals surface area contributed by atoms with E-state index in [1.807, 2.05) is 0 Å². The van der Waals surface area contributed by atoms with Crippen LogP contribution in [0.1, 0.15) is 27.8 Å². The molecule has 0 saturated carbocycles. The molecule has 0 fully saturated rings. The van der Waals surface area contributed by atoms with Crippen molar-refractivity contribution in [3.05, 3.63) is 72.0 Å². The number of hydrogen-bond acceptors (Lipinski definition) is 4. The summed E-state index contributed by atoms with van der Waals surface area (Å²) in [5, 5.41) is 2.61. The molecule has 2 aromatic carbocycles. The highest BCUT2D eigenvalue weighted by molar-refractivity contribution is 6.02. The maximum absolute atomic E-state index is 12.3. The molecule has 0 atom stereocenters. The van der Waals surface area contributed by atoms with Crippen LogP contribution in [0.25, 0.3) is 11.3 Å². The van der Waals surface area contributed by atoms with Crippen LogP contribution < -0.4 is 10.1 Å². The number of Topliss-reactive ketones (excluding diaryl/α,β-unsaturated/α-hetero) is 1. The number of hydrogen-bond donors (Lipinski definition) is 1. The van der Waals surface area contributed by atoms with Gasteiger partial charge in [-0.1, -0.05) is 24.3 Å². The Labute approximate surface area is 153 Å². The lowest BCUT2D eigenvalue weighted by Crippen LogP contribution is -2.10. The molecule has 0 bridgehead atoms. The van der Waals surface area contributed by atoms with E-state index in [0.717, 1.165) is 5.56 Å². The fraction of sp³-hybridized carbons (Fsp3) is 0.100. The van der Waals surface area contributed by atoms with E-state index < -0.39 is 12.5 Å². The molecule has 27 heavy (non-hydrogen) atoms. The van der Waals surface area contributed by atoms with Crippen molar-refractivity contribution < 1.29 is 27.5 Å². The molecule has 0 spiro atoms. The third kappa shape index (κ3) is 4.58. The second-order valence-corrected chi connectivity index (χ2v) is 5.65. The first-order valence-corrected chi connectivity index (χ1v) is 8.00. The summed E-state index contributed by atoms with van der Waals surface area (Å²) in [4.78, 5) is 23.6. The molecule has 0 unspecified atom stereocenters. The largest absolute Gasteiger partial charge is 0.451 e. The molecule has 0 radical (unpaired) electrons. The van der Waals surface area contributed by atoms with Crippen LogP contribution in [0, 0.1) is 0 Å². The first-order chi connectivity index (χ1) is 12.9. The van der Waals surface area contributed by atoms with Crippen molar-refractivity contribution in [2.45, 2.75) is 13.5 Å². The molecule has 3 aromatic rings. The zero-order chi connectivity index (χ0) is 19.4. The quantitative estimate of drug-likeness (QED) is 0.619. The lowest BCUT2D eigenvalue weighted by atomic mass is 10.1. The summed E-state index contributed by atoms with van der Waals surface area (Å²) < 4.78 is 34.1. The van der Waals surface area contributed by atoms with Crippen molar-refractivity contribution in [3.63, 3.8) is 0 Å². The lowest BCUT2D eigenvalue weighted by molar-refractivity contribution is -0.0498. The Morgan fingerprint density at radius 3 is 2.22 bits per heavy atom. The van der Waals surface area contributed by atoms with Crippen LogP contribution in [0.3, 0.4) is 0 Å². The van der Waals surface area contributed by atoms with Gasteiger partial charge in [0.25, 0.3) is 5.91 Å². The number of nitrogens with one attached hydrogen (secondary N) is 1. The van der Waals surface area contributed by atoms with E-state index in [0.29, 0.717) is 17.0 Å². The summed E-state index contributed by atoms with van der Waals surface area (Å²) in [5.74, 6) is 0.0527. The maximum atomic E-state index is 12.3. The van der Waals surface area contributed by atoms with E-state index in [1.165, 1.54) is 37.3 Å². The smallest absolute Gasteiger partial charge is 0.387 e. The van der Waals surface area contributed by atoms with E-state index in [2.05, 4.69) is 10.1 Å². The number of ketones is 1. The summed E-state index contributed by atoms with van der Waals surface area (Å²) in [6, 6.07) is 15.6. The summed E-state index contributed by atoms with van der Waals surface area (Å²) >= 11 is 0. The van der Waals surface area contributed by atoms with Crippen molar-refractivity contribution in [3.8, 4) is 17.1 Å². The van der Waals surface area contributed by atoms with Crippen molar-refractivity contribution in [1.82, 2.24) is 0 Å². The van der Waals surface area contributed by atoms with Crippen LogP contribution >= 0.6 is 0 Å². The van der Waals surface area contributed by atoms with Crippen LogP contribution in [0.4, 0.5) is 14.5 Å². The number of benzene rings is 2. The monoisotopic (exact) mass is 371 g/mol. The predicted molar refractivity (Wildman–Crippen MR) is 95.2 cm³/mol. The van der Waals surface area contributed by atoms with Crippen LogP contribution in [-0.4, -0.2) is 18.3 Å². The predicted octanol–water partition coefficient (Wildman–Crippen LogP) is 5.00. The molecule has 0 aliphatic rings. The van der Waals surface area contributed by atoms with Crippen molar-refractivity contribution in [2.75, 3.05) is 5.32 Å². The number of alkyl halides is 2. The SMILES string of the molecule is CC(=O)c1ccc(-c2ccc(C(=O)Nc3ccc(OC(F)F)cc3)o2)cc1. The Morgan fingerprint density at radius 1 is 0.963 bits per heavy atom. The van der Waals surface area contributed by atoms with Crippen molar-refractivity contribution in [1.29, 1.82) is 0 Å². The van der Waals surface area contributed by atoms with Gasteiger partial charge in [0.15, 0.2) is 11.5 Å². The Hall–Kier alpha value is -3.48. The highest BCUT2D eigenvalue weighted by Gasteiger charge is 2.13. The van der Waals surface area contributed by atoms with Crippen LogP contribution in [0.2, 0.25) is 0 Å². The fourth-order valence-corrected chi connectivity index (χ4v) is 2.40. The van der Waals surface area contributed by atoms with E-state index >= 15 is 0 Å². The molecule has 0 saturated heterocycles. The van der Waals surface area contributed by atoms with Gasteiger partial charge in [-0.25, -0.2) is 0 Å². The summed E-state index contributed by atoms with van der Waals surface area (Å²) in [5.41, 5.74) is 1.72. The van der Waals surface area contributed by atoms with Gasteiger partial charge in [0, 0.05) is 16.8 Å². The minimum atomic E-state index is -2.91. The molecule has 1 heterocycles. The third-order valence-corrected chi connectivity index (χ3v) is 3.74. The van der Waals surface area contributed by atoms with E-state index in [9.17, 15) is 18.4 Å². The van der Waals surface area contributed by atoms with Crippen molar-refractivity contribution in [2.24, 2.45) is 0 Å². The van der Waals surface area contributed by atoms with Gasteiger partial charge in [-0.05, 0) is 43.3 Å². The van der Waals surface area contributed by atoms with Gasteiger partial charge in [-0.15, -0.1) is 0 Å². The molecular formula is C20H15F2NO4. The second kappa shape index (κ2) is 7.82. The zero-order valence-corrected chi connectivity index (χ0v) is 14.2. The minimum Gasteiger partial charge on any atom is -0.451 e. The van der Waals surface area contributed by atoms with E-state index in [-0.39, 0.29) is 17.3 Å². The van der Waals surface area contributed by atoms with Gasteiger partial charge < -0.3 is 14.5 Å². The lowest BCUT2D eigenvalue weighted by Gasteiger charge is -2.06. The second-order valence-electron chi connectivity index (χ2n) is 5.65. The Bertz CT molecular complexity index is 947. The molecule has 1 aromatic heterocycles. The van der Waals surface area contributed by atoms with E-state index in [1.54, 1.807) is 30.3 Å². The number of carbonyl (C=O) groups excluding carboxylic acids is 2. The highest BCUT2D eigenvalue weighted by Crippen LogP contribution is 2.24. The van der Waals surface area contributed by atoms with Gasteiger partial charge in [0.05, 0.1) is 0 Å². The van der Waals surface area contributed by atoms with Gasteiger partial charge in [-0.2, -0.15) is 8.78 Å². The van der Waals surface area contributed by atoms with Crippen molar-refractivity contribution >= 4 is 17.4 Å². The molecule has 3 rings (SSSR count). The summed E-state index contributed by atoms with van der Waals surface area (Å²) in [6.07, 6.45) is 0. The average Bonchev–Trinajstić information content (AvgIpc) is 3.13. The number of anilines is 1. The van der Waals surface area contributed by atoms with Gasteiger partial charge in [0.1, 0.15) is 11.5 Å². The number of ether oxygens (including phenoxy) is 1. The zero-order valence-electron chi connectivity index (χ0n) is 14.2. The fourth-order valence-electron chi connectivity index (χ4n) is 2.40. The molecule has 0 aliphatic carbocycles. The van der Waals surface area contributed by atoms with Crippen LogP contribution in [0.5, 0.6) is 5.75 Å². The topological polar surface area (TPSA) is 68.5 Å². The standard InChI is InChI=1S/C20H15F2NO4/c1-12(24)13-2-4-14(5-3-13)17-10-11-18(27-17)19(25)23-15-6-8-16(9-7-15)26-20(21)22/h2-11,20H,1H3,(H,23,25). The number of rotatable bonds is 6. The number of halogens is 2. The Kier molecular flexibility index (Phi) is 5.30. The molecule has 5 nitrogen and oxygen atoms in total. The number of carbonyl (C=O) groups is 2. The number of amides is 1. The summed E-state index contributed by atoms with van der Waals surface area (Å²) in [6.45, 7) is -1.42. The average molecular weight is 371 g/mol. The van der Waals surface area contributed by atoms with Crippen LogP contribution in [0.15, 0.2) is 65.1 Å². The maximum Gasteiger partial charge on any atom is 0.387 e. The number of furan rings is 1. The minimum absolute atomic E-state index is 0.00251. The molecule has 1 amide bonds. The first-order valence-electron chi connectivity index (χ1n) is 8.00. The molecule has 138 valence electrons.